The van der Waals surface area contributed by atoms with E-state index in [2.05, 4.69) is 63.8 Å². The number of aliphatic carboxylic acids is 1. The summed E-state index contributed by atoms with van der Waals surface area (Å²) in [4.78, 5) is 13.1. The van der Waals surface area contributed by atoms with Gasteiger partial charge in [0.2, 0.25) is 0 Å². The lowest BCUT2D eigenvalue weighted by Crippen LogP contribution is -2.44. The fourth-order valence-corrected chi connectivity index (χ4v) is 2.54. The molecule has 0 aromatic heterocycles. The van der Waals surface area contributed by atoms with Gasteiger partial charge in [0.1, 0.15) is 0 Å². The SMILES string of the molecule is CCc1ccc(C(C)N(CCC(=O)O)C(C)(C)C)cc1. The van der Waals surface area contributed by atoms with Crippen LogP contribution in [0.15, 0.2) is 24.3 Å². The van der Waals surface area contributed by atoms with Gasteiger partial charge in [-0.1, -0.05) is 31.2 Å². The molecule has 0 saturated heterocycles. The van der Waals surface area contributed by atoms with Gasteiger partial charge in [0.05, 0.1) is 6.42 Å². The maximum absolute atomic E-state index is 10.8. The van der Waals surface area contributed by atoms with Crippen LogP contribution in [0.25, 0.3) is 0 Å². The lowest BCUT2D eigenvalue weighted by molar-refractivity contribution is -0.137. The van der Waals surface area contributed by atoms with E-state index >= 15 is 0 Å². The van der Waals surface area contributed by atoms with E-state index in [1.807, 2.05) is 0 Å². The molecule has 0 fully saturated rings. The normalized spacial score (nSPS) is 13.5. The predicted octanol–water partition coefficient (Wildman–Crippen LogP) is 3.89. The highest BCUT2D eigenvalue weighted by Gasteiger charge is 2.27. The van der Waals surface area contributed by atoms with Crippen LogP contribution in [0.4, 0.5) is 0 Å². The molecular weight excluding hydrogens is 250 g/mol. The Bertz CT molecular complexity index is 431. The second kappa shape index (κ2) is 6.89. The van der Waals surface area contributed by atoms with Crippen LogP contribution >= 0.6 is 0 Å². The van der Waals surface area contributed by atoms with Gasteiger partial charge < -0.3 is 5.11 Å². The highest BCUT2D eigenvalue weighted by molar-refractivity contribution is 5.66. The second-order valence-corrected chi connectivity index (χ2v) is 6.28. The molecule has 0 aliphatic rings. The van der Waals surface area contributed by atoms with Gasteiger partial charge >= 0.3 is 5.97 Å². The third-order valence-electron chi connectivity index (χ3n) is 3.77. The first kappa shape index (κ1) is 16.7. The van der Waals surface area contributed by atoms with Crippen LogP contribution < -0.4 is 0 Å². The number of carboxylic acid groups (broad SMARTS) is 1. The van der Waals surface area contributed by atoms with E-state index in [0.29, 0.717) is 6.54 Å². The van der Waals surface area contributed by atoms with E-state index < -0.39 is 5.97 Å². The Morgan fingerprint density at radius 1 is 1.25 bits per heavy atom. The topological polar surface area (TPSA) is 40.5 Å². The number of nitrogens with zero attached hydrogens (tertiary/aromatic N) is 1. The van der Waals surface area contributed by atoms with Crippen molar-refractivity contribution in [1.82, 2.24) is 4.90 Å². The van der Waals surface area contributed by atoms with Gasteiger partial charge in [0, 0.05) is 18.1 Å². The van der Waals surface area contributed by atoms with Gasteiger partial charge in [-0.3, -0.25) is 9.69 Å². The highest BCUT2D eigenvalue weighted by Crippen LogP contribution is 2.28. The van der Waals surface area contributed by atoms with Crippen molar-refractivity contribution in [3.8, 4) is 0 Å². The van der Waals surface area contributed by atoms with E-state index in [9.17, 15) is 4.79 Å². The lowest BCUT2D eigenvalue weighted by atomic mass is 9.97. The van der Waals surface area contributed by atoms with E-state index in [1.165, 1.54) is 11.1 Å². The van der Waals surface area contributed by atoms with Crippen molar-refractivity contribution >= 4 is 5.97 Å². The van der Waals surface area contributed by atoms with Crippen molar-refractivity contribution in [2.24, 2.45) is 0 Å². The first-order valence-corrected chi connectivity index (χ1v) is 7.33. The molecule has 20 heavy (non-hydrogen) atoms. The first-order chi connectivity index (χ1) is 9.25. The highest BCUT2D eigenvalue weighted by atomic mass is 16.4. The minimum atomic E-state index is -0.743. The van der Waals surface area contributed by atoms with Crippen LogP contribution in [0, 0.1) is 0 Å². The third kappa shape index (κ3) is 4.64. The quantitative estimate of drug-likeness (QED) is 0.857. The molecule has 3 nitrogen and oxygen atoms in total. The van der Waals surface area contributed by atoms with Gasteiger partial charge in [0.15, 0.2) is 0 Å². The third-order valence-corrected chi connectivity index (χ3v) is 3.77. The largest absolute Gasteiger partial charge is 0.481 e. The maximum Gasteiger partial charge on any atom is 0.304 e. The Balaban J connectivity index is 2.90. The van der Waals surface area contributed by atoms with Crippen LogP contribution in [0.1, 0.15) is 58.2 Å². The lowest BCUT2D eigenvalue weighted by Gasteiger charge is -2.40. The standard InChI is InChI=1S/C17H27NO2/c1-6-14-7-9-15(10-8-14)13(2)18(17(3,4)5)12-11-16(19)20/h7-10,13H,6,11-12H2,1-5H3,(H,19,20). The van der Waals surface area contributed by atoms with Crippen molar-refractivity contribution in [2.75, 3.05) is 6.54 Å². The van der Waals surface area contributed by atoms with Crippen LogP contribution in [0.5, 0.6) is 0 Å². The van der Waals surface area contributed by atoms with Crippen molar-refractivity contribution in [1.29, 1.82) is 0 Å². The Hall–Kier alpha value is -1.35. The summed E-state index contributed by atoms with van der Waals surface area (Å²) in [5.41, 5.74) is 2.51. The molecule has 0 aliphatic carbocycles. The Morgan fingerprint density at radius 2 is 1.80 bits per heavy atom. The molecule has 0 amide bonds. The first-order valence-electron chi connectivity index (χ1n) is 7.33. The summed E-state index contributed by atoms with van der Waals surface area (Å²) < 4.78 is 0. The summed E-state index contributed by atoms with van der Waals surface area (Å²) >= 11 is 0. The number of hydrogen-bond donors (Lipinski definition) is 1. The van der Waals surface area contributed by atoms with Crippen LogP contribution in [-0.4, -0.2) is 28.1 Å². The van der Waals surface area contributed by atoms with Crippen LogP contribution in [0.2, 0.25) is 0 Å². The molecule has 1 aromatic rings. The number of carbonyl (C=O) groups is 1. The number of hydrogen-bond acceptors (Lipinski definition) is 2. The summed E-state index contributed by atoms with van der Waals surface area (Å²) in [6.07, 6.45) is 1.21. The van der Waals surface area contributed by atoms with Gasteiger partial charge in [0.25, 0.3) is 0 Å². The Kier molecular flexibility index (Phi) is 5.75. The molecule has 0 heterocycles. The smallest absolute Gasteiger partial charge is 0.304 e. The minimum absolute atomic E-state index is 0.0572. The molecule has 1 unspecified atom stereocenters. The zero-order chi connectivity index (χ0) is 15.3. The average Bonchev–Trinajstić information content (AvgIpc) is 2.37. The minimum Gasteiger partial charge on any atom is -0.481 e. The molecule has 1 rings (SSSR count). The van der Waals surface area contributed by atoms with E-state index in [-0.39, 0.29) is 18.0 Å². The van der Waals surface area contributed by atoms with Crippen molar-refractivity contribution < 1.29 is 9.90 Å². The predicted molar refractivity (Wildman–Crippen MR) is 82.9 cm³/mol. The summed E-state index contributed by atoms with van der Waals surface area (Å²) in [6, 6.07) is 8.83. The van der Waals surface area contributed by atoms with Crippen molar-refractivity contribution in [2.45, 2.75) is 59.0 Å². The maximum atomic E-state index is 10.8. The molecule has 0 spiro atoms. The molecule has 0 radical (unpaired) electrons. The van der Waals surface area contributed by atoms with Gasteiger partial charge in [-0.2, -0.15) is 0 Å². The molecule has 0 bridgehead atoms. The molecule has 1 aromatic carbocycles. The number of benzene rings is 1. The second-order valence-electron chi connectivity index (χ2n) is 6.28. The Morgan fingerprint density at radius 3 is 2.20 bits per heavy atom. The molecule has 0 saturated carbocycles. The van der Waals surface area contributed by atoms with Gasteiger partial charge in [-0.25, -0.2) is 0 Å². The van der Waals surface area contributed by atoms with Gasteiger partial charge in [-0.05, 0) is 45.2 Å². The molecule has 0 aliphatic heterocycles. The fraction of sp³-hybridized carbons (Fsp3) is 0.588. The van der Waals surface area contributed by atoms with Crippen molar-refractivity contribution in [3.63, 3.8) is 0 Å². The molecule has 112 valence electrons. The Labute approximate surface area is 122 Å². The number of carboxylic acids is 1. The summed E-state index contributed by atoms with van der Waals surface area (Å²) in [6.45, 7) is 11.2. The summed E-state index contributed by atoms with van der Waals surface area (Å²) in [7, 11) is 0. The zero-order valence-electron chi connectivity index (χ0n) is 13.3. The van der Waals surface area contributed by atoms with Crippen LogP contribution in [-0.2, 0) is 11.2 Å². The molecular formula is C17H27NO2. The summed E-state index contributed by atoms with van der Waals surface area (Å²) in [5.74, 6) is -0.743. The van der Waals surface area contributed by atoms with E-state index in [1.54, 1.807) is 0 Å². The number of aryl methyl sites for hydroxylation is 1. The number of rotatable bonds is 6. The molecule has 1 N–H and O–H groups in total. The molecule has 1 atom stereocenters. The fourth-order valence-electron chi connectivity index (χ4n) is 2.54. The average molecular weight is 277 g/mol. The van der Waals surface area contributed by atoms with E-state index in [0.717, 1.165) is 6.42 Å². The molecule has 3 heteroatoms. The van der Waals surface area contributed by atoms with Gasteiger partial charge in [-0.15, -0.1) is 0 Å². The summed E-state index contributed by atoms with van der Waals surface area (Å²) in [5, 5.41) is 8.92. The zero-order valence-corrected chi connectivity index (χ0v) is 13.3. The van der Waals surface area contributed by atoms with E-state index in [4.69, 9.17) is 5.11 Å². The van der Waals surface area contributed by atoms with Crippen molar-refractivity contribution in [3.05, 3.63) is 35.4 Å². The van der Waals surface area contributed by atoms with Crippen LogP contribution in [0.3, 0.4) is 0 Å². The monoisotopic (exact) mass is 277 g/mol.